The molecule has 9 aromatic rings. The van der Waals surface area contributed by atoms with Crippen LogP contribution in [-0.2, 0) is 0 Å². The number of benzene rings is 8. The van der Waals surface area contributed by atoms with Crippen molar-refractivity contribution in [2.24, 2.45) is 9.98 Å². The Kier molecular flexibility index (Phi) is 6.58. The van der Waals surface area contributed by atoms with Crippen LogP contribution in [0.4, 0.5) is 0 Å². The molecule has 0 spiro atoms. The molecule has 0 saturated heterocycles. The molecule has 0 bridgehead atoms. The van der Waals surface area contributed by atoms with Crippen molar-refractivity contribution in [1.82, 2.24) is 9.88 Å². The second-order valence-corrected chi connectivity index (χ2v) is 13.8. The van der Waals surface area contributed by atoms with Crippen LogP contribution in [0.3, 0.4) is 0 Å². The fraction of sp³-hybridized carbons (Fsp3) is 0.0204. The second-order valence-electron chi connectivity index (χ2n) is 13.8. The quantitative estimate of drug-likeness (QED) is 0.185. The van der Waals surface area contributed by atoms with Crippen molar-refractivity contribution in [2.75, 3.05) is 0 Å². The van der Waals surface area contributed by atoms with Crippen LogP contribution < -0.4 is 5.32 Å². The van der Waals surface area contributed by atoms with Gasteiger partial charge < -0.3 is 9.88 Å². The Labute approximate surface area is 307 Å². The number of aliphatic imine (C=N–C) groups is 2. The molecular formula is C49H32N4. The molecule has 1 aliphatic heterocycles. The molecule has 0 amide bonds. The van der Waals surface area contributed by atoms with E-state index in [9.17, 15) is 0 Å². The molecule has 1 N–H and O–H groups in total. The fourth-order valence-corrected chi connectivity index (χ4v) is 8.47. The molecule has 1 aliphatic carbocycles. The van der Waals surface area contributed by atoms with Crippen molar-refractivity contribution >= 4 is 44.1 Å². The van der Waals surface area contributed by atoms with Crippen LogP contribution in [0.1, 0.15) is 22.9 Å². The van der Waals surface area contributed by atoms with Gasteiger partial charge in [-0.1, -0.05) is 158 Å². The third kappa shape index (κ3) is 4.62. The van der Waals surface area contributed by atoms with Gasteiger partial charge in [0.05, 0.1) is 5.52 Å². The summed E-state index contributed by atoms with van der Waals surface area (Å²) in [6.07, 6.45) is 1.92. The first kappa shape index (κ1) is 29.7. The molecule has 0 unspecified atom stereocenters. The molecule has 0 radical (unpaired) electrons. The Balaban J connectivity index is 1.13. The van der Waals surface area contributed by atoms with Gasteiger partial charge >= 0.3 is 0 Å². The molecule has 11 rings (SSSR count). The standard InChI is InChI=1S/C49H32N4/c1-3-15-31(16-4-1)47-50-48(32-17-5-2-6-18-32)52-49(51-47)33-19-13-20-34(29-33)53-30-42-37-23-9-12-26-40(37)45-38-24-10-7-21-35(38)36-22-8-11-25-39(36)46(45)41-27-14-28-43(53)44(41)42/h1-30,49H,(H,50,51,52). The lowest BCUT2D eigenvalue weighted by molar-refractivity contribution is 0.754. The maximum absolute atomic E-state index is 5.17. The molecule has 248 valence electrons. The first-order valence-electron chi connectivity index (χ1n) is 18.1. The summed E-state index contributed by atoms with van der Waals surface area (Å²) in [5.74, 6) is 1.62. The molecule has 4 heteroatoms. The topological polar surface area (TPSA) is 41.7 Å². The summed E-state index contributed by atoms with van der Waals surface area (Å²) in [6, 6.07) is 62.8. The van der Waals surface area contributed by atoms with Gasteiger partial charge in [-0.3, -0.25) is 0 Å². The second kappa shape index (κ2) is 11.8. The van der Waals surface area contributed by atoms with E-state index >= 15 is 0 Å². The first-order valence-corrected chi connectivity index (χ1v) is 18.1. The van der Waals surface area contributed by atoms with Crippen LogP contribution in [0.2, 0.25) is 0 Å². The zero-order chi connectivity index (χ0) is 34.9. The maximum Gasteiger partial charge on any atom is 0.169 e. The molecule has 53 heavy (non-hydrogen) atoms. The highest BCUT2D eigenvalue weighted by Gasteiger charge is 2.28. The lowest BCUT2D eigenvalue weighted by Gasteiger charge is -2.22. The summed E-state index contributed by atoms with van der Waals surface area (Å²) < 4.78 is 2.35. The minimum atomic E-state index is -0.412. The van der Waals surface area contributed by atoms with Crippen LogP contribution >= 0.6 is 0 Å². The molecular weight excluding hydrogens is 645 g/mol. The highest BCUT2D eigenvalue weighted by molar-refractivity contribution is 6.27. The average molecular weight is 677 g/mol. The number of hydrogen-bond donors (Lipinski definition) is 1. The van der Waals surface area contributed by atoms with Crippen molar-refractivity contribution in [3.8, 4) is 39.1 Å². The predicted molar refractivity (Wildman–Crippen MR) is 220 cm³/mol. The van der Waals surface area contributed by atoms with Crippen LogP contribution in [0, 0.1) is 0 Å². The van der Waals surface area contributed by atoms with E-state index in [1.807, 2.05) is 36.4 Å². The van der Waals surface area contributed by atoms with Crippen LogP contribution in [0.15, 0.2) is 192 Å². The van der Waals surface area contributed by atoms with E-state index in [2.05, 4.69) is 156 Å². The zero-order valence-electron chi connectivity index (χ0n) is 28.7. The van der Waals surface area contributed by atoms with Crippen molar-refractivity contribution in [1.29, 1.82) is 0 Å². The van der Waals surface area contributed by atoms with Gasteiger partial charge in [0.1, 0.15) is 11.7 Å². The molecule has 1 aromatic heterocycles. The molecule has 0 saturated carbocycles. The van der Waals surface area contributed by atoms with Crippen LogP contribution in [0.5, 0.6) is 0 Å². The van der Waals surface area contributed by atoms with Gasteiger partial charge in [-0.2, -0.15) is 0 Å². The van der Waals surface area contributed by atoms with Crippen LogP contribution in [0.25, 0.3) is 71.5 Å². The predicted octanol–water partition coefficient (Wildman–Crippen LogP) is 11.7. The van der Waals surface area contributed by atoms with Gasteiger partial charge in [0.2, 0.25) is 0 Å². The van der Waals surface area contributed by atoms with E-state index in [-0.39, 0.29) is 0 Å². The summed E-state index contributed by atoms with van der Waals surface area (Å²) in [7, 11) is 0. The number of fused-ring (bicyclic) bond motifs is 10. The van der Waals surface area contributed by atoms with E-state index in [0.717, 1.165) is 34.0 Å². The lowest BCUT2D eigenvalue weighted by atomic mass is 9.85. The number of nitrogens with one attached hydrogen (secondary N) is 1. The van der Waals surface area contributed by atoms with Gasteiger partial charge in [-0.05, 0) is 67.6 Å². The summed E-state index contributed by atoms with van der Waals surface area (Å²) >= 11 is 0. The Morgan fingerprint density at radius 2 is 0.962 bits per heavy atom. The van der Waals surface area contributed by atoms with Gasteiger partial charge in [0, 0.05) is 39.5 Å². The average Bonchev–Trinajstić information content (AvgIpc) is 3.58. The van der Waals surface area contributed by atoms with Gasteiger partial charge in [0.25, 0.3) is 0 Å². The monoisotopic (exact) mass is 676 g/mol. The molecule has 2 heterocycles. The third-order valence-corrected chi connectivity index (χ3v) is 10.8. The SMILES string of the molecule is c1ccc(C2=NC(c3cccc(-n4cc5c6c(cccc64)-c4c(c6ccccc6c6ccccc46)-c4ccccc4-5)c3)N=C(c3ccccc3)N2)cc1. The Morgan fingerprint density at radius 3 is 1.62 bits per heavy atom. The van der Waals surface area contributed by atoms with Crippen molar-refractivity contribution < 1.29 is 0 Å². The summed E-state index contributed by atoms with van der Waals surface area (Å²) in [5, 5.41) is 9.90. The minimum absolute atomic E-state index is 0.412. The number of aromatic nitrogens is 1. The highest BCUT2D eigenvalue weighted by Crippen LogP contribution is 2.53. The van der Waals surface area contributed by atoms with E-state index < -0.39 is 6.17 Å². The largest absolute Gasteiger partial charge is 0.324 e. The van der Waals surface area contributed by atoms with Gasteiger partial charge in [-0.25, -0.2) is 9.98 Å². The van der Waals surface area contributed by atoms with Crippen molar-refractivity contribution in [3.05, 3.63) is 199 Å². The molecule has 4 nitrogen and oxygen atoms in total. The third-order valence-electron chi connectivity index (χ3n) is 10.8. The normalized spacial score (nSPS) is 13.6. The number of nitrogens with zero attached hydrogens (tertiary/aromatic N) is 3. The fourth-order valence-electron chi connectivity index (χ4n) is 8.47. The summed E-state index contributed by atoms with van der Waals surface area (Å²) in [4.78, 5) is 10.3. The van der Waals surface area contributed by atoms with E-state index in [0.29, 0.717) is 0 Å². The zero-order valence-corrected chi connectivity index (χ0v) is 28.7. The van der Waals surface area contributed by atoms with Gasteiger partial charge in [0.15, 0.2) is 6.17 Å². The first-order chi connectivity index (χ1) is 26.3. The lowest BCUT2D eigenvalue weighted by Crippen LogP contribution is -2.36. The summed E-state index contributed by atoms with van der Waals surface area (Å²) in [6.45, 7) is 0. The minimum Gasteiger partial charge on any atom is -0.324 e. The van der Waals surface area contributed by atoms with Crippen molar-refractivity contribution in [3.63, 3.8) is 0 Å². The molecule has 2 aliphatic rings. The maximum atomic E-state index is 5.17. The Hall–Kier alpha value is -7.04. The number of rotatable bonds is 4. The number of amidine groups is 2. The van der Waals surface area contributed by atoms with Crippen LogP contribution in [-0.4, -0.2) is 16.2 Å². The highest BCUT2D eigenvalue weighted by atomic mass is 15.2. The van der Waals surface area contributed by atoms with E-state index in [1.54, 1.807) is 0 Å². The number of hydrogen-bond acceptors (Lipinski definition) is 3. The van der Waals surface area contributed by atoms with E-state index in [4.69, 9.17) is 9.98 Å². The molecule has 0 fully saturated rings. The van der Waals surface area contributed by atoms with Gasteiger partial charge in [-0.15, -0.1) is 0 Å². The summed E-state index contributed by atoms with van der Waals surface area (Å²) in [5.41, 5.74) is 12.9. The van der Waals surface area contributed by atoms with E-state index in [1.165, 1.54) is 65.8 Å². The molecule has 0 atom stereocenters. The Morgan fingerprint density at radius 1 is 0.434 bits per heavy atom. The Bertz CT molecular complexity index is 2920. The molecule has 8 aromatic carbocycles. The smallest absolute Gasteiger partial charge is 0.169 e. The van der Waals surface area contributed by atoms with Crippen molar-refractivity contribution in [2.45, 2.75) is 6.17 Å².